The van der Waals surface area contributed by atoms with Gasteiger partial charge in [-0.3, -0.25) is 9.69 Å². The highest BCUT2D eigenvalue weighted by molar-refractivity contribution is 6.03. The molecule has 3 aromatic rings. The van der Waals surface area contributed by atoms with Crippen molar-refractivity contribution >= 4 is 17.5 Å². The topological polar surface area (TPSA) is 61.4 Å². The van der Waals surface area contributed by atoms with Gasteiger partial charge in [0.15, 0.2) is 11.6 Å². The molecule has 1 aliphatic heterocycles. The van der Waals surface area contributed by atoms with Crippen molar-refractivity contribution in [1.29, 1.82) is 0 Å². The van der Waals surface area contributed by atoms with E-state index in [9.17, 15) is 13.6 Å². The van der Waals surface area contributed by atoms with E-state index in [0.717, 1.165) is 44.9 Å². The Hall–Kier alpha value is -3.39. The number of aromatic nitrogens is 2. The van der Waals surface area contributed by atoms with Crippen molar-refractivity contribution in [2.75, 3.05) is 36.4 Å². The highest BCUT2D eigenvalue weighted by Crippen LogP contribution is 2.18. The molecule has 1 saturated heterocycles. The van der Waals surface area contributed by atoms with Gasteiger partial charge in [0.1, 0.15) is 18.0 Å². The minimum absolute atomic E-state index is 0.0172. The Morgan fingerprint density at radius 3 is 2.43 bits per heavy atom. The number of benzene rings is 2. The first-order valence-corrected chi connectivity index (χ1v) is 9.68. The Morgan fingerprint density at radius 2 is 1.70 bits per heavy atom. The first-order valence-electron chi connectivity index (χ1n) is 9.68. The molecule has 0 radical (unpaired) electrons. The molecule has 2 heterocycles. The summed E-state index contributed by atoms with van der Waals surface area (Å²) in [7, 11) is 0. The average Bonchev–Trinajstić information content (AvgIpc) is 2.77. The molecule has 6 nitrogen and oxygen atoms in total. The summed E-state index contributed by atoms with van der Waals surface area (Å²) in [4.78, 5) is 25.2. The van der Waals surface area contributed by atoms with Crippen molar-refractivity contribution in [2.24, 2.45) is 0 Å². The van der Waals surface area contributed by atoms with Gasteiger partial charge in [-0.2, -0.15) is 0 Å². The second-order valence-corrected chi connectivity index (χ2v) is 7.09. The van der Waals surface area contributed by atoms with E-state index in [-0.39, 0.29) is 5.56 Å². The van der Waals surface area contributed by atoms with Gasteiger partial charge >= 0.3 is 0 Å². The van der Waals surface area contributed by atoms with Crippen LogP contribution in [0.5, 0.6) is 0 Å². The zero-order valence-corrected chi connectivity index (χ0v) is 16.3. The molecule has 1 aromatic heterocycles. The van der Waals surface area contributed by atoms with Crippen LogP contribution in [0.4, 0.5) is 20.4 Å². The van der Waals surface area contributed by atoms with E-state index >= 15 is 0 Å². The molecule has 0 bridgehead atoms. The van der Waals surface area contributed by atoms with E-state index in [2.05, 4.69) is 37.2 Å². The molecule has 8 heteroatoms. The maximum Gasteiger partial charge on any atom is 0.256 e. The van der Waals surface area contributed by atoms with Gasteiger partial charge in [0.05, 0.1) is 0 Å². The molecule has 0 spiro atoms. The fraction of sp³-hybridized carbons (Fsp3) is 0.227. The molecule has 0 aliphatic carbocycles. The van der Waals surface area contributed by atoms with E-state index in [1.165, 1.54) is 18.0 Å². The lowest BCUT2D eigenvalue weighted by molar-refractivity contribution is 0.102. The number of amides is 1. The van der Waals surface area contributed by atoms with E-state index in [1.807, 2.05) is 18.2 Å². The zero-order valence-electron chi connectivity index (χ0n) is 16.3. The summed E-state index contributed by atoms with van der Waals surface area (Å²) < 4.78 is 26.4. The van der Waals surface area contributed by atoms with Gasteiger partial charge < -0.3 is 10.2 Å². The van der Waals surface area contributed by atoms with Crippen molar-refractivity contribution in [1.82, 2.24) is 14.9 Å². The highest BCUT2D eigenvalue weighted by atomic mass is 19.2. The number of carbonyl (C=O) groups is 1. The third kappa shape index (κ3) is 4.77. The number of carbonyl (C=O) groups excluding carboxylic acids is 1. The number of hydrogen-bond acceptors (Lipinski definition) is 5. The van der Waals surface area contributed by atoms with Crippen molar-refractivity contribution in [3.8, 4) is 0 Å². The van der Waals surface area contributed by atoms with Gasteiger partial charge in [-0.25, -0.2) is 18.7 Å². The maximum atomic E-state index is 13.4. The standard InChI is InChI=1S/C22H21F2N5O/c23-18-7-6-17(12-19(18)24)22(30)27-20-13-21(26-15-25-20)29-10-8-28(9-11-29)14-16-4-2-1-3-5-16/h1-7,12-13,15H,8-11,14H2,(H,25,26,27,30). The van der Waals surface area contributed by atoms with Crippen molar-refractivity contribution in [3.05, 3.63) is 83.7 Å². The van der Waals surface area contributed by atoms with Crippen LogP contribution in [0.3, 0.4) is 0 Å². The van der Waals surface area contributed by atoms with E-state index in [4.69, 9.17) is 0 Å². The third-order valence-corrected chi connectivity index (χ3v) is 5.02. The predicted molar refractivity (Wildman–Crippen MR) is 110 cm³/mol. The van der Waals surface area contributed by atoms with E-state index in [1.54, 1.807) is 6.07 Å². The fourth-order valence-electron chi connectivity index (χ4n) is 3.39. The molecule has 0 atom stereocenters. The summed E-state index contributed by atoms with van der Waals surface area (Å²) >= 11 is 0. The molecule has 0 saturated carbocycles. The smallest absolute Gasteiger partial charge is 0.256 e. The van der Waals surface area contributed by atoms with Crippen molar-refractivity contribution in [3.63, 3.8) is 0 Å². The zero-order chi connectivity index (χ0) is 20.9. The Labute approximate surface area is 173 Å². The normalized spacial score (nSPS) is 14.5. The average molecular weight is 409 g/mol. The Balaban J connectivity index is 1.36. The molecule has 2 aromatic carbocycles. The number of halogens is 2. The second-order valence-electron chi connectivity index (χ2n) is 7.09. The molecule has 4 rings (SSSR count). The minimum Gasteiger partial charge on any atom is -0.354 e. The molecule has 1 aliphatic rings. The van der Waals surface area contributed by atoms with Crippen molar-refractivity contribution < 1.29 is 13.6 Å². The predicted octanol–water partition coefficient (Wildman–Crippen LogP) is 3.33. The summed E-state index contributed by atoms with van der Waals surface area (Å²) in [5.41, 5.74) is 1.30. The third-order valence-electron chi connectivity index (χ3n) is 5.02. The molecule has 1 fully saturated rings. The summed E-state index contributed by atoms with van der Waals surface area (Å²) in [6, 6.07) is 15.0. The first kappa shape index (κ1) is 19.9. The van der Waals surface area contributed by atoms with Crippen molar-refractivity contribution in [2.45, 2.75) is 6.54 Å². The molecular formula is C22H21F2N5O. The summed E-state index contributed by atoms with van der Waals surface area (Å²) in [5, 5.41) is 2.61. The Bertz CT molecular complexity index is 1020. The van der Waals surface area contributed by atoms with Crippen LogP contribution in [-0.2, 0) is 6.54 Å². The lowest BCUT2D eigenvalue weighted by Crippen LogP contribution is -2.46. The number of hydrogen-bond donors (Lipinski definition) is 1. The Kier molecular flexibility index (Phi) is 5.94. The maximum absolute atomic E-state index is 13.4. The number of nitrogens with one attached hydrogen (secondary N) is 1. The SMILES string of the molecule is O=C(Nc1cc(N2CCN(Cc3ccccc3)CC2)ncn1)c1ccc(F)c(F)c1. The number of nitrogens with zero attached hydrogens (tertiary/aromatic N) is 4. The molecule has 154 valence electrons. The lowest BCUT2D eigenvalue weighted by atomic mass is 10.2. The first-order chi connectivity index (χ1) is 14.6. The van der Waals surface area contributed by atoms with Crippen LogP contribution in [-0.4, -0.2) is 47.0 Å². The van der Waals surface area contributed by atoms with Gasteiger partial charge in [-0.15, -0.1) is 0 Å². The number of anilines is 2. The monoisotopic (exact) mass is 409 g/mol. The van der Waals surface area contributed by atoms with E-state index < -0.39 is 17.5 Å². The minimum atomic E-state index is -1.07. The summed E-state index contributed by atoms with van der Waals surface area (Å²) in [6.45, 7) is 4.32. The van der Waals surface area contributed by atoms with Gasteiger partial charge in [-0.05, 0) is 23.8 Å². The summed E-state index contributed by atoms with van der Waals surface area (Å²) in [6.07, 6.45) is 1.38. The fourth-order valence-corrected chi connectivity index (χ4v) is 3.39. The quantitative estimate of drug-likeness (QED) is 0.701. The van der Waals surface area contributed by atoms with Crippen LogP contribution >= 0.6 is 0 Å². The Morgan fingerprint density at radius 1 is 0.933 bits per heavy atom. The van der Waals surface area contributed by atoms with Crippen LogP contribution in [0.2, 0.25) is 0 Å². The van der Waals surface area contributed by atoms with Gasteiger partial charge in [0.25, 0.3) is 5.91 Å². The van der Waals surface area contributed by atoms with Gasteiger partial charge in [0, 0.05) is 44.4 Å². The molecule has 1 amide bonds. The van der Waals surface area contributed by atoms with Crippen LogP contribution in [0.25, 0.3) is 0 Å². The van der Waals surface area contributed by atoms with Crippen LogP contribution in [0.15, 0.2) is 60.9 Å². The number of piperazine rings is 1. The van der Waals surface area contributed by atoms with Crippen LogP contribution in [0.1, 0.15) is 15.9 Å². The summed E-state index contributed by atoms with van der Waals surface area (Å²) in [5.74, 6) is -1.61. The molecular weight excluding hydrogens is 388 g/mol. The highest BCUT2D eigenvalue weighted by Gasteiger charge is 2.19. The molecule has 30 heavy (non-hydrogen) atoms. The second kappa shape index (κ2) is 8.96. The largest absolute Gasteiger partial charge is 0.354 e. The van der Waals surface area contributed by atoms with Gasteiger partial charge in [-0.1, -0.05) is 30.3 Å². The van der Waals surface area contributed by atoms with Gasteiger partial charge in [0.2, 0.25) is 0 Å². The molecule has 0 unspecified atom stereocenters. The van der Waals surface area contributed by atoms with Crippen LogP contribution < -0.4 is 10.2 Å². The molecule has 1 N–H and O–H groups in total. The lowest BCUT2D eigenvalue weighted by Gasteiger charge is -2.35. The van der Waals surface area contributed by atoms with E-state index in [0.29, 0.717) is 11.6 Å². The number of rotatable bonds is 5. The van der Waals surface area contributed by atoms with Crippen LogP contribution in [0, 0.1) is 11.6 Å².